The van der Waals surface area contributed by atoms with Crippen LogP contribution in [0.4, 0.5) is 11.8 Å². The Bertz CT molecular complexity index is 570. The average Bonchev–Trinajstić information content (AvgIpc) is 3.00. The van der Waals surface area contributed by atoms with Gasteiger partial charge in [0.25, 0.3) is 0 Å². The first kappa shape index (κ1) is 17.0. The molecule has 132 valence electrons. The van der Waals surface area contributed by atoms with E-state index in [1.165, 1.54) is 0 Å². The lowest BCUT2D eigenvalue weighted by Crippen LogP contribution is -2.49. The molecule has 7 nitrogen and oxygen atoms in total. The zero-order valence-electron chi connectivity index (χ0n) is 14.7. The predicted octanol–water partition coefficient (Wildman–Crippen LogP) is 0.709. The molecule has 1 aromatic heterocycles. The van der Waals surface area contributed by atoms with Crippen molar-refractivity contribution in [1.29, 1.82) is 0 Å². The molecule has 2 atom stereocenters. The van der Waals surface area contributed by atoms with Gasteiger partial charge < -0.3 is 20.4 Å². The Balaban J connectivity index is 1.53. The number of hydrogen-bond acceptors (Lipinski definition) is 6. The number of carbonyl (C=O) groups excluding carboxylic acids is 1. The molecule has 0 unspecified atom stereocenters. The van der Waals surface area contributed by atoms with Gasteiger partial charge in [-0.3, -0.25) is 4.79 Å². The number of piperazine rings is 1. The van der Waals surface area contributed by atoms with Gasteiger partial charge in [0, 0.05) is 58.9 Å². The first-order valence-corrected chi connectivity index (χ1v) is 8.83. The Morgan fingerprint density at radius 2 is 2.04 bits per heavy atom. The first-order chi connectivity index (χ1) is 11.5. The summed E-state index contributed by atoms with van der Waals surface area (Å²) in [5, 5.41) is 0. The fourth-order valence-corrected chi connectivity index (χ4v) is 3.59. The van der Waals surface area contributed by atoms with Crippen molar-refractivity contribution in [2.45, 2.75) is 31.7 Å². The number of nitrogens with zero attached hydrogens (tertiary/aromatic N) is 5. The molecule has 24 heavy (non-hydrogen) atoms. The highest BCUT2D eigenvalue weighted by Gasteiger charge is 2.29. The fraction of sp³-hybridized carbons (Fsp3) is 0.706. The van der Waals surface area contributed by atoms with Crippen molar-refractivity contribution >= 4 is 17.7 Å². The highest BCUT2D eigenvalue weighted by atomic mass is 16.2. The van der Waals surface area contributed by atoms with Crippen molar-refractivity contribution in [3.05, 3.63) is 12.3 Å². The van der Waals surface area contributed by atoms with Crippen LogP contribution in [0.3, 0.4) is 0 Å². The summed E-state index contributed by atoms with van der Waals surface area (Å²) in [5.41, 5.74) is 6.10. The lowest BCUT2D eigenvalue weighted by molar-refractivity contribution is -0.132. The summed E-state index contributed by atoms with van der Waals surface area (Å²) in [5.74, 6) is 2.27. The Kier molecular flexibility index (Phi) is 5.18. The smallest absolute Gasteiger partial charge is 0.226 e. The van der Waals surface area contributed by atoms with Crippen LogP contribution in [0, 0.1) is 5.92 Å². The number of nitrogens with two attached hydrogens (primary N) is 1. The van der Waals surface area contributed by atoms with Gasteiger partial charge in [-0.2, -0.15) is 4.98 Å². The van der Waals surface area contributed by atoms with Gasteiger partial charge in [0.1, 0.15) is 5.82 Å². The lowest BCUT2D eigenvalue weighted by atomic mass is 9.99. The van der Waals surface area contributed by atoms with Gasteiger partial charge in [0.2, 0.25) is 11.9 Å². The van der Waals surface area contributed by atoms with Crippen LogP contribution in [0.2, 0.25) is 0 Å². The summed E-state index contributed by atoms with van der Waals surface area (Å²) in [6.07, 6.45) is 5.72. The van der Waals surface area contributed by atoms with Gasteiger partial charge in [0.05, 0.1) is 0 Å². The number of carbonyl (C=O) groups is 1. The van der Waals surface area contributed by atoms with E-state index in [-0.39, 0.29) is 11.9 Å². The topological polar surface area (TPSA) is 78.6 Å². The van der Waals surface area contributed by atoms with Gasteiger partial charge in [0.15, 0.2) is 0 Å². The van der Waals surface area contributed by atoms with E-state index in [1.54, 1.807) is 6.20 Å². The third-order valence-electron chi connectivity index (χ3n) is 5.14. The summed E-state index contributed by atoms with van der Waals surface area (Å²) in [6, 6.07) is 2.14. The minimum absolute atomic E-state index is 0.209. The highest BCUT2D eigenvalue weighted by Crippen LogP contribution is 2.27. The SMILES string of the molecule is CN(C)c1nccc(N2CCN(C(=O)C[C@@H]3CCC[C@H]3N)CC2)n1. The van der Waals surface area contributed by atoms with E-state index in [9.17, 15) is 4.79 Å². The molecule has 1 aliphatic carbocycles. The third kappa shape index (κ3) is 3.77. The van der Waals surface area contributed by atoms with Crippen LogP contribution in [0.25, 0.3) is 0 Å². The molecule has 2 fully saturated rings. The molecule has 0 aromatic carbocycles. The van der Waals surface area contributed by atoms with E-state index >= 15 is 0 Å². The molecule has 1 amide bonds. The number of hydrogen-bond donors (Lipinski definition) is 1. The molecular weight excluding hydrogens is 304 g/mol. The minimum Gasteiger partial charge on any atom is -0.353 e. The summed E-state index contributed by atoms with van der Waals surface area (Å²) < 4.78 is 0. The van der Waals surface area contributed by atoms with E-state index in [1.807, 2.05) is 30.0 Å². The lowest BCUT2D eigenvalue weighted by Gasteiger charge is -2.36. The molecule has 1 aliphatic heterocycles. The van der Waals surface area contributed by atoms with Crippen molar-refractivity contribution in [2.75, 3.05) is 50.1 Å². The predicted molar refractivity (Wildman–Crippen MR) is 95.1 cm³/mol. The quantitative estimate of drug-likeness (QED) is 0.875. The number of aromatic nitrogens is 2. The zero-order valence-corrected chi connectivity index (χ0v) is 14.7. The monoisotopic (exact) mass is 332 g/mol. The second-order valence-corrected chi connectivity index (χ2v) is 7.04. The van der Waals surface area contributed by atoms with Crippen LogP contribution >= 0.6 is 0 Å². The molecule has 2 heterocycles. The first-order valence-electron chi connectivity index (χ1n) is 8.83. The van der Waals surface area contributed by atoms with Crippen molar-refractivity contribution in [1.82, 2.24) is 14.9 Å². The van der Waals surface area contributed by atoms with Crippen LogP contribution in [0.1, 0.15) is 25.7 Å². The second-order valence-electron chi connectivity index (χ2n) is 7.04. The molecular formula is C17H28N6O. The van der Waals surface area contributed by atoms with Crippen molar-refractivity contribution in [3.63, 3.8) is 0 Å². The Morgan fingerprint density at radius 1 is 1.29 bits per heavy atom. The molecule has 0 bridgehead atoms. The molecule has 0 radical (unpaired) electrons. The standard InChI is InChI=1S/C17H28N6O/c1-21(2)17-19-7-6-15(20-17)22-8-10-23(11-9-22)16(24)12-13-4-3-5-14(13)18/h6-7,13-14H,3-5,8-12,18H2,1-2H3/t13-,14+/m0/s1. The van der Waals surface area contributed by atoms with Crippen LogP contribution in [0.5, 0.6) is 0 Å². The summed E-state index contributed by atoms with van der Waals surface area (Å²) in [7, 11) is 3.87. The molecule has 7 heteroatoms. The molecule has 1 aromatic rings. The van der Waals surface area contributed by atoms with Crippen LogP contribution < -0.4 is 15.5 Å². The third-order valence-corrected chi connectivity index (χ3v) is 5.14. The van der Waals surface area contributed by atoms with Gasteiger partial charge in [-0.25, -0.2) is 4.98 Å². The van der Waals surface area contributed by atoms with Crippen LogP contribution in [0.15, 0.2) is 12.3 Å². The normalized spacial score (nSPS) is 24.3. The van der Waals surface area contributed by atoms with E-state index in [4.69, 9.17) is 5.73 Å². The minimum atomic E-state index is 0.209. The fourth-order valence-electron chi connectivity index (χ4n) is 3.59. The van der Waals surface area contributed by atoms with E-state index in [0.29, 0.717) is 18.3 Å². The Morgan fingerprint density at radius 3 is 2.67 bits per heavy atom. The number of rotatable bonds is 4. The van der Waals surface area contributed by atoms with E-state index in [0.717, 1.165) is 51.3 Å². The maximum atomic E-state index is 12.5. The number of amides is 1. The van der Waals surface area contributed by atoms with Crippen molar-refractivity contribution in [3.8, 4) is 0 Å². The van der Waals surface area contributed by atoms with Gasteiger partial charge in [-0.05, 0) is 24.8 Å². The van der Waals surface area contributed by atoms with Crippen LogP contribution in [-0.4, -0.2) is 67.1 Å². The summed E-state index contributed by atoms with van der Waals surface area (Å²) in [6.45, 7) is 3.13. The molecule has 0 spiro atoms. The maximum Gasteiger partial charge on any atom is 0.226 e. The summed E-state index contributed by atoms with van der Waals surface area (Å²) in [4.78, 5) is 27.4. The van der Waals surface area contributed by atoms with Crippen molar-refractivity contribution in [2.24, 2.45) is 11.7 Å². The van der Waals surface area contributed by atoms with E-state index < -0.39 is 0 Å². The van der Waals surface area contributed by atoms with Crippen LogP contribution in [-0.2, 0) is 4.79 Å². The molecule has 1 saturated carbocycles. The highest BCUT2D eigenvalue weighted by molar-refractivity contribution is 5.77. The van der Waals surface area contributed by atoms with Crippen molar-refractivity contribution < 1.29 is 4.79 Å². The zero-order chi connectivity index (χ0) is 17.1. The summed E-state index contributed by atoms with van der Waals surface area (Å²) >= 11 is 0. The molecule has 2 N–H and O–H groups in total. The molecule has 3 rings (SSSR count). The second kappa shape index (κ2) is 7.34. The Hall–Kier alpha value is -1.89. The average molecular weight is 332 g/mol. The van der Waals surface area contributed by atoms with Gasteiger partial charge >= 0.3 is 0 Å². The Labute approximate surface area is 143 Å². The largest absolute Gasteiger partial charge is 0.353 e. The molecule has 1 saturated heterocycles. The maximum absolute atomic E-state index is 12.5. The molecule has 2 aliphatic rings. The van der Waals surface area contributed by atoms with Gasteiger partial charge in [-0.1, -0.05) is 6.42 Å². The number of anilines is 2. The van der Waals surface area contributed by atoms with Gasteiger partial charge in [-0.15, -0.1) is 0 Å². The van der Waals surface area contributed by atoms with E-state index in [2.05, 4.69) is 14.9 Å².